The molecule has 2 unspecified atom stereocenters. The minimum absolute atomic E-state index is 0.0368. The summed E-state index contributed by atoms with van der Waals surface area (Å²) in [4.78, 5) is 0. The lowest BCUT2D eigenvalue weighted by Gasteiger charge is -2.24. The van der Waals surface area contributed by atoms with Gasteiger partial charge in [-0.25, -0.2) is 12.8 Å². The predicted octanol–water partition coefficient (Wildman–Crippen LogP) is 2.43. The molecule has 0 spiro atoms. The summed E-state index contributed by atoms with van der Waals surface area (Å²) in [5.41, 5.74) is 0.535. The fourth-order valence-corrected chi connectivity index (χ4v) is 4.82. The molecule has 2 atom stereocenters. The van der Waals surface area contributed by atoms with Crippen LogP contribution in [0.5, 0.6) is 0 Å². The van der Waals surface area contributed by atoms with Crippen molar-refractivity contribution in [1.82, 2.24) is 5.32 Å². The average molecular weight is 320 g/mol. The van der Waals surface area contributed by atoms with Gasteiger partial charge in [-0.2, -0.15) is 0 Å². The van der Waals surface area contributed by atoms with Crippen molar-refractivity contribution in [2.45, 2.75) is 25.8 Å². The molecule has 0 bridgehead atoms. The Kier molecular flexibility index (Phi) is 5.04. The van der Waals surface area contributed by atoms with Gasteiger partial charge in [0.15, 0.2) is 9.84 Å². The number of benzene rings is 1. The zero-order valence-electron chi connectivity index (χ0n) is 11.4. The van der Waals surface area contributed by atoms with Crippen LogP contribution in [0.2, 0.25) is 5.02 Å². The molecule has 1 heterocycles. The van der Waals surface area contributed by atoms with E-state index in [1.807, 2.05) is 6.92 Å². The fourth-order valence-electron chi connectivity index (χ4n) is 2.75. The minimum atomic E-state index is -2.93. The van der Waals surface area contributed by atoms with Crippen molar-refractivity contribution in [3.05, 3.63) is 34.6 Å². The average Bonchev–Trinajstić information content (AvgIpc) is 2.73. The van der Waals surface area contributed by atoms with Crippen molar-refractivity contribution >= 4 is 21.4 Å². The molecule has 2 rings (SSSR count). The molecule has 0 aromatic heterocycles. The summed E-state index contributed by atoms with van der Waals surface area (Å²) < 4.78 is 37.0. The molecular weight excluding hydrogens is 301 g/mol. The molecular formula is C14H19ClFNO2S. The van der Waals surface area contributed by atoms with Crippen LogP contribution in [0.15, 0.2) is 18.2 Å². The van der Waals surface area contributed by atoms with E-state index in [1.165, 1.54) is 12.1 Å². The van der Waals surface area contributed by atoms with Gasteiger partial charge in [0.25, 0.3) is 0 Å². The highest BCUT2D eigenvalue weighted by Gasteiger charge is 2.33. The van der Waals surface area contributed by atoms with Crippen LogP contribution in [0.25, 0.3) is 0 Å². The van der Waals surface area contributed by atoms with Crippen molar-refractivity contribution in [1.29, 1.82) is 0 Å². The van der Waals surface area contributed by atoms with Gasteiger partial charge in [0, 0.05) is 11.1 Å². The summed E-state index contributed by atoms with van der Waals surface area (Å²) in [6.07, 6.45) is 1.10. The maximum atomic E-state index is 13.8. The Hall–Kier alpha value is -0.650. The van der Waals surface area contributed by atoms with E-state index in [-0.39, 0.29) is 29.3 Å². The highest BCUT2D eigenvalue weighted by atomic mass is 35.5. The molecule has 1 saturated heterocycles. The highest BCUT2D eigenvalue weighted by molar-refractivity contribution is 7.91. The van der Waals surface area contributed by atoms with Crippen LogP contribution in [0.3, 0.4) is 0 Å². The van der Waals surface area contributed by atoms with Crippen LogP contribution < -0.4 is 5.32 Å². The first kappa shape index (κ1) is 15.7. The second-order valence-electron chi connectivity index (χ2n) is 5.27. The SMILES string of the molecule is CCNC(Cc1cc(Cl)ccc1F)C1CCS(=O)(=O)C1. The Balaban J connectivity index is 2.15. The maximum absolute atomic E-state index is 13.8. The van der Waals surface area contributed by atoms with E-state index in [0.717, 1.165) is 6.54 Å². The maximum Gasteiger partial charge on any atom is 0.150 e. The van der Waals surface area contributed by atoms with Crippen molar-refractivity contribution in [2.75, 3.05) is 18.1 Å². The number of rotatable bonds is 5. The molecule has 1 fully saturated rings. The number of sulfone groups is 1. The van der Waals surface area contributed by atoms with Crippen LogP contribution >= 0.6 is 11.6 Å². The van der Waals surface area contributed by atoms with Crippen LogP contribution in [0.1, 0.15) is 18.9 Å². The Morgan fingerprint density at radius 1 is 1.50 bits per heavy atom. The quantitative estimate of drug-likeness (QED) is 0.906. The van der Waals surface area contributed by atoms with Gasteiger partial charge < -0.3 is 5.32 Å². The first-order chi connectivity index (χ1) is 9.41. The standard InChI is InChI=1S/C14H19ClFNO2S/c1-2-17-14(10-5-6-20(18,19)9-10)8-11-7-12(15)3-4-13(11)16/h3-4,7,10,14,17H,2,5-6,8-9H2,1H3. The molecule has 112 valence electrons. The molecule has 0 radical (unpaired) electrons. The van der Waals surface area contributed by atoms with E-state index in [1.54, 1.807) is 6.07 Å². The zero-order chi connectivity index (χ0) is 14.8. The third-order valence-electron chi connectivity index (χ3n) is 3.75. The molecule has 6 heteroatoms. The summed E-state index contributed by atoms with van der Waals surface area (Å²) >= 11 is 5.90. The summed E-state index contributed by atoms with van der Waals surface area (Å²) in [5.74, 6) is 0.168. The molecule has 0 saturated carbocycles. The van der Waals surface area contributed by atoms with E-state index in [2.05, 4.69) is 5.32 Å². The fraction of sp³-hybridized carbons (Fsp3) is 0.571. The van der Waals surface area contributed by atoms with Gasteiger partial charge in [-0.3, -0.25) is 0 Å². The Bertz CT molecular complexity index is 577. The van der Waals surface area contributed by atoms with Crippen LogP contribution in [0.4, 0.5) is 4.39 Å². The molecule has 1 aromatic carbocycles. The van der Waals surface area contributed by atoms with Crippen LogP contribution in [0, 0.1) is 11.7 Å². The van der Waals surface area contributed by atoms with Crippen LogP contribution in [-0.4, -0.2) is 32.5 Å². The summed E-state index contributed by atoms with van der Waals surface area (Å²) in [7, 11) is -2.93. The van der Waals surface area contributed by atoms with Crippen molar-refractivity contribution in [3.63, 3.8) is 0 Å². The second-order valence-corrected chi connectivity index (χ2v) is 7.93. The molecule has 1 N–H and O–H groups in total. The van der Waals surface area contributed by atoms with Crippen LogP contribution in [-0.2, 0) is 16.3 Å². The molecule has 1 aromatic rings. The first-order valence-electron chi connectivity index (χ1n) is 6.79. The van der Waals surface area contributed by atoms with E-state index in [4.69, 9.17) is 11.6 Å². The molecule has 1 aliphatic heterocycles. The molecule has 3 nitrogen and oxygen atoms in total. The van der Waals surface area contributed by atoms with Gasteiger partial charge >= 0.3 is 0 Å². The molecule has 20 heavy (non-hydrogen) atoms. The van der Waals surface area contributed by atoms with Gasteiger partial charge in [0.1, 0.15) is 5.82 Å². The Morgan fingerprint density at radius 3 is 2.85 bits per heavy atom. The van der Waals surface area contributed by atoms with Gasteiger partial charge in [-0.05, 0) is 49.1 Å². The van der Waals surface area contributed by atoms with E-state index >= 15 is 0 Å². The largest absolute Gasteiger partial charge is 0.314 e. The van der Waals surface area contributed by atoms with E-state index < -0.39 is 9.84 Å². The third kappa shape index (κ3) is 3.93. The normalized spacial score (nSPS) is 22.9. The third-order valence-corrected chi connectivity index (χ3v) is 5.78. The van der Waals surface area contributed by atoms with E-state index in [0.29, 0.717) is 23.4 Å². The summed E-state index contributed by atoms with van der Waals surface area (Å²) in [6, 6.07) is 4.45. The van der Waals surface area contributed by atoms with Gasteiger partial charge in [-0.15, -0.1) is 0 Å². The van der Waals surface area contributed by atoms with Gasteiger partial charge in [0.05, 0.1) is 11.5 Å². The number of likely N-dealkylation sites (N-methyl/N-ethyl adjacent to an activating group) is 1. The topological polar surface area (TPSA) is 46.2 Å². The number of hydrogen-bond donors (Lipinski definition) is 1. The van der Waals surface area contributed by atoms with Crippen molar-refractivity contribution in [3.8, 4) is 0 Å². The van der Waals surface area contributed by atoms with E-state index in [9.17, 15) is 12.8 Å². The highest BCUT2D eigenvalue weighted by Crippen LogP contribution is 2.25. The Labute approximate surface area is 124 Å². The van der Waals surface area contributed by atoms with Crippen molar-refractivity contribution in [2.24, 2.45) is 5.92 Å². The summed E-state index contributed by atoms with van der Waals surface area (Å²) in [5, 5.41) is 3.78. The van der Waals surface area contributed by atoms with Crippen molar-refractivity contribution < 1.29 is 12.8 Å². The number of hydrogen-bond acceptors (Lipinski definition) is 3. The van der Waals surface area contributed by atoms with Gasteiger partial charge in [-0.1, -0.05) is 18.5 Å². The zero-order valence-corrected chi connectivity index (χ0v) is 13.0. The lowest BCUT2D eigenvalue weighted by atomic mass is 9.92. The molecule has 1 aliphatic rings. The smallest absolute Gasteiger partial charge is 0.150 e. The van der Waals surface area contributed by atoms with Gasteiger partial charge in [0.2, 0.25) is 0 Å². The molecule has 0 amide bonds. The first-order valence-corrected chi connectivity index (χ1v) is 8.99. The molecule has 0 aliphatic carbocycles. The number of halogens is 2. The monoisotopic (exact) mass is 319 g/mol. The lowest BCUT2D eigenvalue weighted by molar-refractivity contribution is 0.382. The Morgan fingerprint density at radius 2 is 2.25 bits per heavy atom. The second kappa shape index (κ2) is 6.41. The predicted molar refractivity (Wildman–Crippen MR) is 79.3 cm³/mol. The lowest BCUT2D eigenvalue weighted by Crippen LogP contribution is -2.38. The summed E-state index contributed by atoms with van der Waals surface area (Å²) in [6.45, 7) is 2.69. The number of nitrogens with one attached hydrogen (secondary N) is 1. The minimum Gasteiger partial charge on any atom is -0.314 e.